The topological polar surface area (TPSA) is 36.7 Å². The van der Waals surface area contributed by atoms with E-state index in [1.807, 2.05) is 17.5 Å². The van der Waals surface area contributed by atoms with E-state index in [0.29, 0.717) is 0 Å². The maximum Gasteiger partial charge on any atom is 0.134 e. The van der Waals surface area contributed by atoms with E-state index in [4.69, 9.17) is 5.26 Å². The Bertz CT molecular complexity index is 466. The Balaban J connectivity index is 2.42. The molecule has 0 aliphatic carbocycles. The van der Waals surface area contributed by atoms with E-state index in [2.05, 4.69) is 27.0 Å². The maximum absolute atomic E-state index is 8.64. The third kappa shape index (κ3) is 1.80. The van der Waals surface area contributed by atoms with Gasteiger partial charge in [-0.15, -0.1) is 22.7 Å². The zero-order valence-corrected chi connectivity index (χ0v) is 9.54. The van der Waals surface area contributed by atoms with Gasteiger partial charge in [-0.05, 0) is 28.1 Å². The monoisotopic (exact) mass is 270 g/mol. The molecule has 64 valence electrons. The number of thiazole rings is 1. The van der Waals surface area contributed by atoms with Crippen LogP contribution in [0.3, 0.4) is 0 Å². The summed E-state index contributed by atoms with van der Waals surface area (Å²) in [4.78, 5) is 6.04. The van der Waals surface area contributed by atoms with Crippen LogP contribution in [0.2, 0.25) is 0 Å². The van der Waals surface area contributed by atoms with Crippen LogP contribution in [0.4, 0.5) is 0 Å². The third-order valence-electron chi connectivity index (χ3n) is 1.40. The van der Waals surface area contributed by atoms with Gasteiger partial charge in [0.25, 0.3) is 0 Å². The van der Waals surface area contributed by atoms with Crippen LogP contribution >= 0.6 is 38.6 Å². The van der Waals surface area contributed by atoms with Crippen molar-refractivity contribution in [2.75, 3.05) is 0 Å². The van der Waals surface area contributed by atoms with Crippen LogP contribution < -0.4 is 0 Å². The van der Waals surface area contributed by atoms with Crippen molar-refractivity contribution in [3.8, 4) is 16.0 Å². The van der Waals surface area contributed by atoms with Gasteiger partial charge >= 0.3 is 0 Å². The van der Waals surface area contributed by atoms with Gasteiger partial charge in [-0.25, -0.2) is 4.98 Å². The van der Waals surface area contributed by atoms with Crippen LogP contribution in [0.1, 0.15) is 4.88 Å². The molecule has 13 heavy (non-hydrogen) atoms. The predicted molar refractivity (Wildman–Crippen MR) is 57.8 cm³/mol. The standard InChI is InChI=1S/C8H3BrN2S2/c9-7-4-12-8(11-7)6-2-1-5(3-10)13-6/h1-2,4H. The molecule has 0 saturated carbocycles. The highest BCUT2D eigenvalue weighted by Crippen LogP contribution is 2.31. The number of rotatable bonds is 1. The normalized spacial score (nSPS) is 9.85. The van der Waals surface area contributed by atoms with E-state index < -0.39 is 0 Å². The Morgan fingerprint density at radius 3 is 2.85 bits per heavy atom. The Labute approximate surface area is 91.6 Å². The van der Waals surface area contributed by atoms with E-state index in [9.17, 15) is 0 Å². The Kier molecular flexibility index (Phi) is 2.44. The van der Waals surface area contributed by atoms with Crippen LogP contribution in [0.5, 0.6) is 0 Å². The summed E-state index contributed by atoms with van der Waals surface area (Å²) in [5.74, 6) is 0. The van der Waals surface area contributed by atoms with Gasteiger partial charge in [0.15, 0.2) is 0 Å². The summed E-state index contributed by atoms with van der Waals surface area (Å²) >= 11 is 6.33. The lowest BCUT2D eigenvalue weighted by molar-refractivity contribution is 1.37. The first-order chi connectivity index (χ1) is 6.29. The molecule has 0 bridgehead atoms. The van der Waals surface area contributed by atoms with Crippen molar-refractivity contribution in [1.82, 2.24) is 4.98 Å². The number of hydrogen-bond acceptors (Lipinski definition) is 4. The maximum atomic E-state index is 8.64. The van der Waals surface area contributed by atoms with Crippen LogP contribution in [0.15, 0.2) is 22.1 Å². The van der Waals surface area contributed by atoms with E-state index in [-0.39, 0.29) is 0 Å². The van der Waals surface area contributed by atoms with Crippen molar-refractivity contribution < 1.29 is 0 Å². The molecule has 2 rings (SSSR count). The molecular weight excluding hydrogens is 268 g/mol. The Hall–Kier alpha value is -0.700. The van der Waals surface area contributed by atoms with Gasteiger partial charge < -0.3 is 0 Å². The average Bonchev–Trinajstić information content (AvgIpc) is 2.71. The summed E-state index contributed by atoms with van der Waals surface area (Å²) in [5, 5.41) is 11.5. The molecule has 2 nitrogen and oxygen atoms in total. The number of halogens is 1. The van der Waals surface area contributed by atoms with E-state index in [1.54, 1.807) is 11.3 Å². The SMILES string of the molecule is N#Cc1ccc(-c2nc(Br)cs2)s1. The minimum absolute atomic E-state index is 0.723. The lowest BCUT2D eigenvalue weighted by Gasteiger charge is -1.84. The molecule has 0 spiro atoms. The van der Waals surface area contributed by atoms with Gasteiger partial charge in [0.2, 0.25) is 0 Å². The van der Waals surface area contributed by atoms with Crippen molar-refractivity contribution in [1.29, 1.82) is 5.26 Å². The minimum Gasteiger partial charge on any atom is -0.228 e. The molecule has 0 atom stereocenters. The molecule has 0 unspecified atom stereocenters. The summed E-state index contributed by atoms with van der Waals surface area (Å²) in [5.41, 5.74) is 0. The fourth-order valence-electron chi connectivity index (χ4n) is 0.880. The fourth-order valence-corrected chi connectivity index (χ4v) is 3.01. The fraction of sp³-hybridized carbons (Fsp3) is 0. The molecule has 0 amide bonds. The Morgan fingerprint density at radius 2 is 2.31 bits per heavy atom. The highest BCUT2D eigenvalue weighted by molar-refractivity contribution is 9.10. The molecule has 0 aliphatic heterocycles. The van der Waals surface area contributed by atoms with E-state index in [0.717, 1.165) is 19.4 Å². The highest BCUT2D eigenvalue weighted by atomic mass is 79.9. The smallest absolute Gasteiger partial charge is 0.134 e. The number of thiophene rings is 1. The molecule has 0 fully saturated rings. The molecule has 0 N–H and O–H groups in total. The molecule has 0 aromatic carbocycles. The van der Waals surface area contributed by atoms with E-state index >= 15 is 0 Å². The third-order valence-corrected chi connectivity index (χ3v) is 4.11. The lowest BCUT2D eigenvalue weighted by Crippen LogP contribution is -1.66. The summed E-state index contributed by atoms with van der Waals surface area (Å²) in [6.07, 6.45) is 0. The largest absolute Gasteiger partial charge is 0.228 e. The van der Waals surface area contributed by atoms with Gasteiger partial charge in [-0.3, -0.25) is 0 Å². The second kappa shape index (κ2) is 3.58. The molecule has 0 radical (unpaired) electrons. The average molecular weight is 271 g/mol. The number of aromatic nitrogens is 1. The lowest BCUT2D eigenvalue weighted by atomic mass is 10.4. The molecule has 2 aromatic rings. The molecule has 0 aliphatic rings. The van der Waals surface area contributed by atoms with Crippen LogP contribution in [0, 0.1) is 11.3 Å². The zero-order valence-electron chi connectivity index (χ0n) is 6.32. The van der Waals surface area contributed by atoms with Crippen molar-refractivity contribution in [2.45, 2.75) is 0 Å². The highest BCUT2D eigenvalue weighted by Gasteiger charge is 2.05. The first-order valence-corrected chi connectivity index (χ1v) is 5.90. The summed E-state index contributed by atoms with van der Waals surface area (Å²) in [7, 11) is 0. The molecule has 2 heterocycles. The molecular formula is C8H3BrN2S2. The van der Waals surface area contributed by atoms with Gasteiger partial charge in [-0.2, -0.15) is 5.26 Å². The van der Waals surface area contributed by atoms with E-state index in [1.165, 1.54) is 11.3 Å². The first kappa shape index (κ1) is 8.88. The summed E-state index contributed by atoms with van der Waals surface area (Å²) in [6, 6.07) is 5.85. The predicted octanol–water partition coefficient (Wildman–Crippen LogP) is 3.51. The van der Waals surface area contributed by atoms with Gasteiger partial charge in [0, 0.05) is 5.38 Å². The summed E-state index contributed by atoms with van der Waals surface area (Å²) < 4.78 is 0.847. The van der Waals surface area contributed by atoms with Gasteiger partial charge in [0.1, 0.15) is 20.6 Å². The van der Waals surface area contributed by atoms with Crippen LogP contribution in [-0.4, -0.2) is 4.98 Å². The number of nitriles is 1. The second-order valence-electron chi connectivity index (χ2n) is 2.25. The molecule has 2 aromatic heterocycles. The van der Waals surface area contributed by atoms with Gasteiger partial charge in [-0.1, -0.05) is 0 Å². The van der Waals surface area contributed by atoms with Crippen molar-refractivity contribution in [3.05, 3.63) is 27.0 Å². The van der Waals surface area contributed by atoms with Crippen LogP contribution in [0.25, 0.3) is 9.88 Å². The first-order valence-electron chi connectivity index (χ1n) is 3.41. The van der Waals surface area contributed by atoms with Crippen LogP contribution in [-0.2, 0) is 0 Å². The van der Waals surface area contributed by atoms with Crippen molar-refractivity contribution >= 4 is 38.6 Å². The number of hydrogen-bond donors (Lipinski definition) is 0. The minimum atomic E-state index is 0.723. The van der Waals surface area contributed by atoms with Crippen molar-refractivity contribution in [2.24, 2.45) is 0 Å². The summed E-state index contributed by atoms with van der Waals surface area (Å²) in [6.45, 7) is 0. The zero-order chi connectivity index (χ0) is 9.26. The quantitative estimate of drug-likeness (QED) is 0.795. The Morgan fingerprint density at radius 1 is 1.46 bits per heavy atom. The van der Waals surface area contributed by atoms with Crippen molar-refractivity contribution in [3.63, 3.8) is 0 Å². The van der Waals surface area contributed by atoms with Gasteiger partial charge in [0.05, 0.1) is 4.88 Å². The molecule has 0 saturated heterocycles. The number of nitrogens with zero attached hydrogens (tertiary/aromatic N) is 2. The second-order valence-corrected chi connectivity index (χ2v) is 5.01. The molecule has 5 heteroatoms.